The maximum absolute atomic E-state index is 12.3. The quantitative estimate of drug-likeness (QED) is 0.719. The van der Waals surface area contributed by atoms with Crippen LogP contribution in [0.3, 0.4) is 0 Å². The molecule has 1 heterocycles. The molecule has 0 aliphatic rings. The molecule has 0 fully saturated rings. The van der Waals surface area contributed by atoms with E-state index in [0.29, 0.717) is 29.1 Å². The van der Waals surface area contributed by atoms with Crippen molar-refractivity contribution in [3.8, 4) is 0 Å². The van der Waals surface area contributed by atoms with Crippen molar-refractivity contribution in [3.63, 3.8) is 0 Å². The number of hydrogen-bond donors (Lipinski definition) is 0. The summed E-state index contributed by atoms with van der Waals surface area (Å²) < 4.78 is 36.9. The third kappa shape index (κ3) is 3.59. The first kappa shape index (κ1) is 13.2. The van der Waals surface area contributed by atoms with Gasteiger partial charge in [-0.3, -0.25) is 0 Å². The highest BCUT2D eigenvalue weighted by Crippen LogP contribution is 2.35. The predicted molar refractivity (Wildman–Crippen MR) is 57.5 cm³/mol. The number of nitroso groups, excluding NO2 is 1. The largest absolute Gasteiger partial charge is 0.425 e. The van der Waals surface area contributed by atoms with Gasteiger partial charge in [0.15, 0.2) is 0 Å². The molecule has 0 bridgehead atoms. The fourth-order valence-corrected chi connectivity index (χ4v) is 2.34. The summed E-state index contributed by atoms with van der Waals surface area (Å²) in [6.07, 6.45) is -2.58. The number of rotatable bonds is 5. The van der Waals surface area contributed by atoms with Gasteiger partial charge in [0, 0.05) is 11.3 Å². The molecule has 0 amide bonds. The van der Waals surface area contributed by atoms with Crippen molar-refractivity contribution in [2.24, 2.45) is 5.18 Å². The molecule has 16 heavy (non-hydrogen) atoms. The van der Waals surface area contributed by atoms with Crippen molar-refractivity contribution in [1.82, 2.24) is 0 Å². The Labute approximate surface area is 95.5 Å². The van der Waals surface area contributed by atoms with Crippen LogP contribution in [0.4, 0.5) is 13.2 Å². The summed E-state index contributed by atoms with van der Waals surface area (Å²) in [5, 5.41) is 2.92. The fraction of sp³-hybridized carbons (Fsp3) is 0.600. The van der Waals surface area contributed by atoms with Crippen LogP contribution in [0, 0.1) is 4.91 Å². The van der Waals surface area contributed by atoms with E-state index in [1.54, 1.807) is 0 Å². The Morgan fingerprint density at radius 2 is 2.12 bits per heavy atom. The Bertz CT molecular complexity index is 348. The highest BCUT2D eigenvalue weighted by atomic mass is 32.1. The van der Waals surface area contributed by atoms with E-state index < -0.39 is 17.1 Å². The Morgan fingerprint density at radius 1 is 1.44 bits per heavy atom. The van der Waals surface area contributed by atoms with Gasteiger partial charge in [0.25, 0.3) is 0 Å². The van der Waals surface area contributed by atoms with Crippen LogP contribution in [-0.4, -0.2) is 6.04 Å². The lowest BCUT2D eigenvalue weighted by molar-refractivity contribution is -0.134. The van der Waals surface area contributed by atoms with Gasteiger partial charge in [-0.05, 0) is 18.6 Å². The lowest BCUT2D eigenvalue weighted by atomic mass is 10.1. The highest BCUT2D eigenvalue weighted by molar-refractivity contribution is 7.12. The van der Waals surface area contributed by atoms with E-state index in [4.69, 9.17) is 0 Å². The van der Waals surface area contributed by atoms with Crippen molar-refractivity contribution in [3.05, 3.63) is 26.8 Å². The van der Waals surface area contributed by atoms with Gasteiger partial charge in [-0.2, -0.15) is 18.1 Å². The van der Waals surface area contributed by atoms with Crippen molar-refractivity contribution < 1.29 is 13.2 Å². The van der Waals surface area contributed by atoms with Crippen LogP contribution < -0.4 is 0 Å². The van der Waals surface area contributed by atoms with E-state index in [0.717, 1.165) is 12.5 Å². The topological polar surface area (TPSA) is 29.4 Å². The minimum Gasteiger partial charge on any atom is -0.165 e. The van der Waals surface area contributed by atoms with Crippen molar-refractivity contribution in [1.29, 1.82) is 0 Å². The van der Waals surface area contributed by atoms with Crippen LogP contribution in [0.5, 0.6) is 0 Å². The third-order valence-corrected chi connectivity index (χ3v) is 3.30. The fourth-order valence-electron chi connectivity index (χ4n) is 1.40. The van der Waals surface area contributed by atoms with Gasteiger partial charge in [-0.15, -0.1) is 11.3 Å². The van der Waals surface area contributed by atoms with Gasteiger partial charge in [0.05, 0.1) is 6.04 Å². The first-order valence-corrected chi connectivity index (χ1v) is 5.77. The normalized spacial score (nSPS) is 13.8. The molecule has 0 radical (unpaired) electrons. The van der Waals surface area contributed by atoms with E-state index in [-0.39, 0.29) is 0 Å². The second-order valence-corrected chi connectivity index (χ2v) is 4.68. The third-order valence-electron chi connectivity index (χ3n) is 2.15. The SMILES string of the molecule is CCCC(Cc1ccc(C(F)(F)F)s1)N=O. The van der Waals surface area contributed by atoms with Crippen LogP contribution in [0.25, 0.3) is 0 Å². The summed E-state index contributed by atoms with van der Waals surface area (Å²) in [7, 11) is 0. The van der Waals surface area contributed by atoms with Gasteiger partial charge in [0.1, 0.15) is 4.88 Å². The maximum atomic E-state index is 12.3. The number of thiophene rings is 1. The monoisotopic (exact) mass is 251 g/mol. The van der Waals surface area contributed by atoms with Crippen LogP contribution in [-0.2, 0) is 12.6 Å². The lowest BCUT2D eigenvalue weighted by Crippen LogP contribution is -2.06. The smallest absolute Gasteiger partial charge is 0.165 e. The Hall–Kier alpha value is -0.910. The zero-order valence-corrected chi connectivity index (χ0v) is 9.57. The summed E-state index contributed by atoms with van der Waals surface area (Å²) in [6.45, 7) is 1.91. The molecule has 0 aromatic carbocycles. The lowest BCUT2D eigenvalue weighted by Gasteiger charge is -2.05. The average Bonchev–Trinajstić information content (AvgIpc) is 2.65. The Kier molecular flexibility index (Phi) is 4.46. The first-order chi connectivity index (χ1) is 7.47. The predicted octanol–water partition coefficient (Wildman–Crippen LogP) is 4.24. The zero-order chi connectivity index (χ0) is 12.2. The molecule has 0 aliphatic heterocycles. The molecule has 1 rings (SSSR count). The molecule has 2 nitrogen and oxygen atoms in total. The van der Waals surface area contributed by atoms with Crippen LogP contribution in [0.15, 0.2) is 17.3 Å². The standard InChI is InChI=1S/C10H12F3NOS/c1-2-3-7(14-15)6-8-4-5-9(16-8)10(11,12)13/h4-5,7H,2-3,6H2,1H3. The molecule has 6 heteroatoms. The van der Waals surface area contributed by atoms with Gasteiger partial charge >= 0.3 is 6.18 Å². The molecular weight excluding hydrogens is 239 g/mol. The summed E-state index contributed by atoms with van der Waals surface area (Å²) in [5.74, 6) is 0. The summed E-state index contributed by atoms with van der Waals surface area (Å²) >= 11 is 0.685. The van der Waals surface area contributed by atoms with Gasteiger partial charge in [-0.25, -0.2) is 0 Å². The van der Waals surface area contributed by atoms with Crippen molar-refractivity contribution in [2.75, 3.05) is 0 Å². The number of hydrogen-bond acceptors (Lipinski definition) is 3. The average molecular weight is 251 g/mol. The molecular formula is C10H12F3NOS. The van der Waals surface area contributed by atoms with Gasteiger partial charge in [0.2, 0.25) is 0 Å². The minimum atomic E-state index is -4.29. The van der Waals surface area contributed by atoms with E-state index in [9.17, 15) is 18.1 Å². The van der Waals surface area contributed by atoms with Crippen LogP contribution in [0.2, 0.25) is 0 Å². The molecule has 0 aliphatic carbocycles. The zero-order valence-electron chi connectivity index (χ0n) is 8.75. The molecule has 90 valence electrons. The van der Waals surface area contributed by atoms with Gasteiger partial charge < -0.3 is 0 Å². The molecule has 1 unspecified atom stereocenters. The van der Waals surface area contributed by atoms with Crippen molar-refractivity contribution in [2.45, 2.75) is 38.4 Å². The summed E-state index contributed by atoms with van der Waals surface area (Å²) in [4.78, 5) is 10.4. The van der Waals surface area contributed by atoms with E-state index in [1.807, 2.05) is 6.92 Å². The van der Waals surface area contributed by atoms with Crippen LogP contribution >= 0.6 is 11.3 Å². The Morgan fingerprint density at radius 3 is 2.56 bits per heavy atom. The van der Waals surface area contributed by atoms with E-state index >= 15 is 0 Å². The van der Waals surface area contributed by atoms with E-state index in [1.165, 1.54) is 6.07 Å². The van der Waals surface area contributed by atoms with Gasteiger partial charge in [-0.1, -0.05) is 18.5 Å². The summed E-state index contributed by atoms with van der Waals surface area (Å²) in [5.41, 5.74) is 0. The van der Waals surface area contributed by atoms with Crippen LogP contribution in [0.1, 0.15) is 29.5 Å². The summed E-state index contributed by atoms with van der Waals surface area (Å²) in [6, 6.07) is 2.06. The second kappa shape index (κ2) is 5.43. The Balaban J connectivity index is 2.68. The minimum absolute atomic E-state index is 0.304. The van der Waals surface area contributed by atoms with E-state index in [2.05, 4.69) is 5.18 Å². The molecule has 0 N–H and O–H groups in total. The molecule has 1 aromatic heterocycles. The molecule has 1 aromatic rings. The molecule has 0 spiro atoms. The van der Waals surface area contributed by atoms with Crippen molar-refractivity contribution >= 4 is 11.3 Å². The molecule has 0 saturated heterocycles. The molecule has 0 saturated carbocycles. The number of halogens is 3. The molecule has 1 atom stereocenters. The number of nitrogens with zero attached hydrogens (tertiary/aromatic N) is 1. The highest BCUT2D eigenvalue weighted by Gasteiger charge is 2.32. The second-order valence-electron chi connectivity index (χ2n) is 3.52. The first-order valence-electron chi connectivity index (χ1n) is 4.95. The maximum Gasteiger partial charge on any atom is 0.425 e. The number of alkyl halides is 3.